The third kappa shape index (κ3) is 6.61. The van der Waals surface area contributed by atoms with Crippen LogP contribution in [0.4, 0.5) is 18.9 Å². The van der Waals surface area contributed by atoms with Gasteiger partial charge in [0.25, 0.3) is 0 Å². The number of carbonyl (C=O) groups is 2. The molecule has 3 N–H and O–H groups in total. The maximum atomic E-state index is 12.7. The number of rotatable bonds is 8. The molecule has 0 radical (unpaired) electrons. The van der Waals surface area contributed by atoms with E-state index in [0.717, 1.165) is 32.1 Å². The standard InChI is InChI=1S/C19H26F3N3O3/c1-25(18(27)16(17(23)26)13-5-3-2-4-6-13)12-11-24-14-7-9-15(10-8-14)28-19(20,21)22/h7-10,13,16,24H,2-6,11-12H2,1H3,(H2,23,26). The topological polar surface area (TPSA) is 84.7 Å². The summed E-state index contributed by atoms with van der Waals surface area (Å²) in [4.78, 5) is 26.0. The van der Waals surface area contributed by atoms with Gasteiger partial charge in [-0.05, 0) is 43.0 Å². The maximum absolute atomic E-state index is 12.7. The molecule has 1 fully saturated rings. The molecule has 0 spiro atoms. The molecule has 1 atom stereocenters. The number of benzene rings is 1. The average Bonchev–Trinajstić information content (AvgIpc) is 2.62. The van der Waals surface area contributed by atoms with Crippen molar-refractivity contribution < 1.29 is 27.5 Å². The molecule has 0 bridgehead atoms. The fourth-order valence-electron chi connectivity index (χ4n) is 3.51. The molecule has 1 unspecified atom stereocenters. The number of halogens is 3. The van der Waals surface area contributed by atoms with Gasteiger partial charge in [-0.1, -0.05) is 19.3 Å². The molecule has 2 amide bonds. The molecule has 9 heteroatoms. The van der Waals surface area contributed by atoms with Crippen LogP contribution in [0.15, 0.2) is 24.3 Å². The number of nitrogens with zero attached hydrogens (tertiary/aromatic N) is 1. The number of alkyl halides is 3. The van der Waals surface area contributed by atoms with Crippen LogP contribution in [0.25, 0.3) is 0 Å². The third-order valence-corrected chi connectivity index (χ3v) is 4.93. The molecular formula is C19H26F3N3O3. The summed E-state index contributed by atoms with van der Waals surface area (Å²) in [5, 5.41) is 3.02. The van der Waals surface area contributed by atoms with Gasteiger partial charge in [0.15, 0.2) is 0 Å². The molecule has 1 saturated carbocycles. The first-order valence-electron chi connectivity index (χ1n) is 9.31. The molecule has 0 saturated heterocycles. The van der Waals surface area contributed by atoms with Crippen LogP contribution in [0.3, 0.4) is 0 Å². The number of likely N-dealkylation sites (N-methyl/N-ethyl adjacent to an activating group) is 1. The van der Waals surface area contributed by atoms with Crippen LogP contribution in [-0.2, 0) is 9.59 Å². The van der Waals surface area contributed by atoms with Crippen molar-refractivity contribution in [2.75, 3.05) is 25.5 Å². The molecule has 28 heavy (non-hydrogen) atoms. The highest BCUT2D eigenvalue weighted by atomic mass is 19.4. The first-order valence-corrected chi connectivity index (χ1v) is 9.31. The van der Waals surface area contributed by atoms with E-state index in [1.165, 1.54) is 29.2 Å². The summed E-state index contributed by atoms with van der Waals surface area (Å²) in [5.74, 6) is -1.98. The maximum Gasteiger partial charge on any atom is 0.573 e. The first-order chi connectivity index (χ1) is 13.2. The van der Waals surface area contributed by atoms with Gasteiger partial charge in [0.2, 0.25) is 11.8 Å². The normalized spacial score (nSPS) is 16.3. The van der Waals surface area contributed by atoms with Crippen molar-refractivity contribution in [2.24, 2.45) is 17.6 Å². The zero-order valence-electron chi connectivity index (χ0n) is 15.8. The van der Waals surface area contributed by atoms with Crippen molar-refractivity contribution in [1.29, 1.82) is 0 Å². The van der Waals surface area contributed by atoms with Crippen LogP contribution in [-0.4, -0.2) is 43.2 Å². The Bertz CT molecular complexity index is 659. The largest absolute Gasteiger partial charge is 0.573 e. The molecule has 1 aliphatic carbocycles. The van der Waals surface area contributed by atoms with Gasteiger partial charge >= 0.3 is 6.36 Å². The highest BCUT2D eigenvalue weighted by molar-refractivity contribution is 5.99. The molecule has 1 aliphatic rings. The predicted molar refractivity (Wildman–Crippen MR) is 98.5 cm³/mol. The summed E-state index contributed by atoms with van der Waals surface area (Å²) in [7, 11) is 1.61. The van der Waals surface area contributed by atoms with Crippen LogP contribution < -0.4 is 15.8 Å². The van der Waals surface area contributed by atoms with Gasteiger partial charge in [-0.15, -0.1) is 13.2 Å². The van der Waals surface area contributed by atoms with Crippen molar-refractivity contribution in [3.63, 3.8) is 0 Å². The molecule has 0 aromatic heterocycles. The first kappa shape index (κ1) is 21.8. The Hall–Kier alpha value is -2.45. The number of ether oxygens (including phenoxy) is 1. The molecule has 0 aliphatic heterocycles. The lowest BCUT2D eigenvalue weighted by Crippen LogP contribution is -2.45. The number of carbonyl (C=O) groups excluding carboxylic acids is 2. The second-order valence-corrected chi connectivity index (χ2v) is 7.04. The molecule has 1 aromatic rings. The number of hydrogen-bond donors (Lipinski definition) is 2. The fourth-order valence-corrected chi connectivity index (χ4v) is 3.51. The SMILES string of the molecule is CN(CCNc1ccc(OC(F)(F)F)cc1)C(=O)C(C(N)=O)C1CCCCC1. The van der Waals surface area contributed by atoms with Crippen molar-refractivity contribution in [3.8, 4) is 5.75 Å². The molecule has 0 heterocycles. The van der Waals surface area contributed by atoms with E-state index in [9.17, 15) is 22.8 Å². The van der Waals surface area contributed by atoms with Gasteiger partial charge < -0.3 is 20.7 Å². The zero-order chi connectivity index (χ0) is 20.7. The van der Waals surface area contributed by atoms with E-state index in [4.69, 9.17) is 5.73 Å². The highest BCUT2D eigenvalue weighted by Gasteiger charge is 2.35. The van der Waals surface area contributed by atoms with Gasteiger partial charge in [0.05, 0.1) is 0 Å². The zero-order valence-corrected chi connectivity index (χ0v) is 15.8. The van der Waals surface area contributed by atoms with E-state index in [-0.39, 0.29) is 17.6 Å². The minimum atomic E-state index is -4.73. The average molecular weight is 401 g/mol. The van der Waals surface area contributed by atoms with Crippen LogP contribution in [0.1, 0.15) is 32.1 Å². The second kappa shape index (κ2) is 9.66. The Balaban J connectivity index is 1.84. The smallest absolute Gasteiger partial charge is 0.406 e. The lowest BCUT2D eigenvalue weighted by molar-refractivity contribution is -0.274. The van der Waals surface area contributed by atoms with Gasteiger partial charge in [0, 0.05) is 25.8 Å². The number of amides is 2. The summed E-state index contributed by atoms with van der Waals surface area (Å²) < 4.78 is 40.3. The minimum absolute atomic E-state index is 0.00432. The monoisotopic (exact) mass is 401 g/mol. The molecular weight excluding hydrogens is 375 g/mol. The molecule has 156 valence electrons. The van der Waals surface area contributed by atoms with E-state index in [1.807, 2.05) is 0 Å². The van der Waals surface area contributed by atoms with Gasteiger partial charge in [-0.3, -0.25) is 9.59 Å². The van der Waals surface area contributed by atoms with E-state index >= 15 is 0 Å². The van der Waals surface area contributed by atoms with E-state index in [2.05, 4.69) is 10.1 Å². The van der Waals surface area contributed by atoms with Crippen LogP contribution in [0.5, 0.6) is 5.75 Å². The summed E-state index contributed by atoms with van der Waals surface area (Å²) in [6, 6.07) is 5.32. The quantitative estimate of drug-likeness (QED) is 0.656. The van der Waals surface area contributed by atoms with Crippen LogP contribution in [0, 0.1) is 11.8 Å². The van der Waals surface area contributed by atoms with Gasteiger partial charge in [-0.25, -0.2) is 0 Å². The van der Waals surface area contributed by atoms with Gasteiger partial charge in [0.1, 0.15) is 11.7 Å². The fraction of sp³-hybridized carbons (Fsp3) is 0.579. The molecule has 6 nitrogen and oxygen atoms in total. The number of anilines is 1. The van der Waals surface area contributed by atoms with E-state index in [1.54, 1.807) is 7.05 Å². The Morgan fingerprint density at radius 3 is 2.36 bits per heavy atom. The second-order valence-electron chi connectivity index (χ2n) is 7.04. The number of nitrogens with one attached hydrogen (secondary N) is 1. The lowest BCUT2D eigenvalue weighted by Gasteiger charge is -2.30. The number of hydrogen-bond acceptors (Lipinski definition) is 4. The van der Waals surface area contributed by atoms with Crippen molar-refractivity contribution in [3.05, 3.63) is 24.3 Å². The van der Waals surface area contributed by atoms with Crippen molar-refractivity contribution in [2.45, 2.75) is 38.5 Å². The molecule has 1 aromatic carbocycles. The lowest BCUT2D eigenvalue weighted by atomic mass is 9.79. The summed E-state index contributed by atoms with van der Waals surface area (Å²) in [6.07, 6.45) is 0.0493. The summed E-state index contributed by atoms with van der Waals surface area (Å²) in [5.41, 5.74) is 6.08. The Labute approximate surface area is 162 Å². The Kier molecular flexibility index (Phi) is 7.53. The van der Waals surface area contributed by atoms with E-state index in [0.29, 0.717) is 18.8 Å². The highest BCUT2D eigenvalue weighted by Crippen LogP contribution is 2.31. The predicted octanol–water partition coefficient (Wildman–Crippen LogP) is 3.14. The van der Waals surface area contributed by atoms with Crippen LogP contribution >= 0.6 is 0 Å². The van der Waals surface area contributed by atoms with Crippen molar-refractivity contribution in [1.82, 2.24) is 4.90 Å². The Morgan fingerprint density at radius 1 is 1.21 bits per heavy atom. The Morgan fingerprint density at radius 2 is 1.82 bits per heavy atom. The minimum Gasteiger partial charge on any atom is -0.406 e. The number of primary amides is 1. The number of nitrogens with two attached hydrogens (primary N) is 1. The third-order valence-electron chi connectivity index (χ3n) is 4.93. The van der Waals surface area contributed by atoms with Crippen LogP contribution in [0.2, 0.25) is 0 Å². The van der Waals surface area contributed by atoms with E-state index < -0.39 is 18.2 Å². The van der Waals surface area contributed by atoms with Gasteiger partial charge in [-0.2, -0.15) is 0 Å². The molecule has 2 rings (SSSR count). The van der Waals surface area contributed by atoms with Crippen molar-refractivity contribution >= 4 is 17.5 Å². The summed E-state index contributed by atoms with van der Waals surface area (Å²) in [6.45, 7) is 0.702. The summed E-state index contributed by atoms with van der Waals surface area (Å²) >= 11 is 0.